The maximum absolute atomic E-state index is 12.6. The van der Waals surface area contributed by atoms with Gasteiger partial charge in [-0.15, -0.1) is 0 Å². The molecule has 0 spiro atoms. The fourth-order valence-corrected chi connectivity index (χ4v) is 2.98. The zero-order valence-corrected chi connectivity index (χ0v) is 13.1. The fraction of sp³-hybridized carbons (Fsp3) is 0.357. The molecule has 1 aliphatic heterocycles. The second kappa shape index (κ2) is 5.35. The first kappa shape index (κ1) is 14.7. The molecule has 0 amide bonds. The van der Waals surface area contributed by atoms with E-state index in [4.69, 9.17) is 10.3 Å². The van der Waals surface area contributed by atoms with Gasteiger partial charge in [0.2, 0.25) is 5.78 Å². The summed E-state index contributed by atoms with van der Waals surface area (Å²) in [6, 6.07) is 3.57. The van der Waals surface area contributed by atoms with Crippen molar-refractivity contribution >= 4 is 17.3 Å². The van der Waals surface area contributed by atoms with Crippen molar-refractivity contribution in [1.82, 2.24) is 18.7 Å². The number of aliphatic hydroxyl groups excluding tert-OH is 1. The van der Waals surface area contributed by atoms with Gasteiger partial charge < -0.3 is 9.52 Å². The summed E-state index contributed by atoms with van der Waals surface area (Å²) in [5, 5.41) is 10.7. The summed E-state index contributed by atoms with van der Waals surface area (Å²) in [6.07, 6.45) is 1.56. The van der Waals surface area contributed by atoms with Gasteiger partial charge in [-0.1, -0.05) is 0 Å². The highest BCUT2D eigenvalue weighted by Gasteiger charge is 2.31. The number of anilines is 1. The van der Waals surface area contributed by atoms with Gasteiger partial charge in [-0.05, 0) is 19.1 Å². The van der Waals surface area contributed by atoms with Crippen molar-refractivity contribution < 1.29 is 9.52 Å². The third-order valence-corrected chi connectivity index (χ3v) is 4.01. The topological polar surface area (TPSA) is 119 Å². The summed E-state index contributed by atoms with van der Waals surface area (Å²) in [4.78, 5) is 21.6. The number of hydrazine groups is 1. The zero-order valence-electron chi connectivity index (χ0n) is 13.1. The number of hydrogen-bond donors (Lipinski definition) is 2. The van der Waals surface area contributed by atoms with E-state index in [-0.39, 0.29) is 25.5 Å². The van der Waals surface area contributed by atoms with E-state index in [0.29, 0.717) is 35.3 Å². The SMILES string of the molecule is CCn1c(=O)n(CCO)c2nc3c(n21)C(c1ccco1)=NCN3N. The second-order valence-electron chi connectivity index (χ2n) is 5.36. The van der Waals surface area contributed by atoms with E-state index in [1.54, 1.807) is 22.9 Å². The molecule has 0 atom stereocenters. The number of fused-ring (bicyclic) bond motifs is 3. The molecule has 10 heteroatoms. The number of nitrogens with two attached hydrogens (primary N) is 1. The third-order valence-electron chi connectivity index (χ3n) is 4.01. The highest BCUT2D eigenvalue weighted by Crippen LogP contribution is 2.27. The number of imidazole rings is 1. The van der Waals surface area contributed by atoms with Crippen molar-refractivity contribution in [1.29, 1.82) is 0 Å². The van der Waals surface area contributed by atoms with Gasteiger partial charge >= 0.3 is 5.69 Å². The predicted octanol–water partition coefficient (Wildman–Crippen LogP) is -0.609. The molecule has 0 radical (unpaired) electrons. The third kappa shape index (κ3) is 1.87. The number of furan rings is 1. The zero-order chi connectivity index (χ0) is 16.8. The van der Waals surface area contributed by atoms with Gasteiger partial charge in [0.25, 0.3) is 0 Å². The summed E-state index contributed by atoms with van der Waals surface area (Å²) >= 11 is 0. The molecule has 4 rings (SSSR count). The minimum Gasteiger partial charge on any atom is -0.463 e. The van der Waals surface area contributed by atoms with Crippen LogP contribution in [0, 0.1) is 0 Å². The number of hydrogen-bond acceptors (Lipinski definition) is 7. The van der Waals surface area contributed by atoms with E-state index in [1.807, 2.05) is 6.92 Å². The van der Waals surface area contributed by atoms with Gasteiger partial charge in [0, 0.05) is 6.54 Å². The minimum absolute atomic E-state index is 0.156. The lowest BCUT2D eigenvalue weighted by Gasteiger charge is -2.21. The Morgan fingerprint density at radius 2 is 2.29 bits per heavy atom. The first-order valence-corrected chi connectivity index (χ1v) is 7.61. The lowest BCUT2D eigenvalue weighted by atomic mass is 10.2. The average Bonchev–Trinajstić information content (AvgIpc) is 3.27. The summed E-state index contributed by atoms with van der Waals surface area (Å²) < 4.78 is 10.1. The molecular weight excluding hydrogens is 314 g/mol. The fourth-order valence-electron chi connectivity index (χ4n) is 2.98. The lowest BCUT2D eigenvalue weighted by Crippen LogP contribution is -2.37. The van der Waals surface area contributed by atoms with Crippen LogP contribution in [0.3, 0.4) is 0 Å². The monoisotopic (exact) mass is 331 g/mol. The van der Waals surface area contributed by atoms with Crippen molar-refractivity contribution in [3.05, 3.63) is 40.3 Å². The van der Waals surface area contributed by atoms with Crippen LogP contribution >= 0.6 is 0 Å². The van der Waals surface area contributed by atoms with Crippen molar-refractivity contribution in [3.8, 4) is 0 Å². The van der Waals surface area contributed by atoms with Crippen LogP contribution in [0.2, 0.25) is 0 Å². The Morgan fingerprint density at radius 1 is 1.46 bits per heavy atom. The number of aryl methyl sites for hydroxylation is 1. The molecule has 3 aromatic rings. The Bertz CT molecular complexity index is 977. The predicted molar refractivity (Wildman–Crippen MR) is 86.1 cm³/mol. The molecule has 0 unspecified atom stereocenters. The molecular formula is C14H17N7O3. The normalized spacial score (nSPS) is 14.3. The van der Waals surface area contributed by atoms with E-state index in [0.717, 1.165) is 0 Å². The van der Waals surface area contributed by atoms with E-state index in [1.165, 1.54) is 14.3 Å². The van der Waals surface area contributed by atoms with Crippen molar-refractivity contribution in [2.24, 2.45) is 10.8 Å². The van der Waals surface area contributed by atoms with Gasteiger partial charge in [0.1, 0.15) is 18.1 Å². The molecule has 10 nitrogen and oxygen atoms in total. The van der Waals surface area contributed by atoms with Crippen LogP contribution in [-0.2, 0) is 13.1 Å². The standard InChI is InChI=1S/C14H17N7O3/c1-2-20-14(23)18(5-6-22)13-17-12-11(21(13)20)10(16-8-19(12)15)9-4-3-7-24-9/h3-4,7,22H,2,5-6,8,15H2,1H3. The van der Waals surface area contributed by atoms with Crippen molar-refractivity contribution in [2.75, 3.05) is 18.3 Å². The van der Waals surface area contributed by atoms with Gasteiger partial charge in [0.05, 0.1) is 19.4 Å². The van der Waals surface area contributed by atoms with Crippen LogP contribution < -0.4 is 16.5 Å². The van der Waals surface area contributed by atoms with Gasteiger partial charge in [-0.2, -0.15) is 4.98 Å². The molecule has 0 aromatic carbocycles. The molecule has 0 fully saturated rings. The van der Waals surface area contributed by atoms with E-state index in [9.17, 15) is 9.90 Å². The van der Waals surface area contributed by atoms with Crippen LogP contribution in [0.25, 0.3) is 5.78 Å². The van der Waals surface area contributed by atoms with Gasteiger partial charge in [-0.3, -0.25) is 14.6 Å². The largest absolute Gasteiger partial charge is 0.463 e. The first-order chi connectivity index (χ1) is 11.7. The Labute approximate surface area is 136 Å². The molecule has 4 heterocycles. The molecule has 1 aliphatic rings. The Hall–Kier alpha value is -2.85. The summed E-state index contributed by atoms with van der Waals surface area (Å²) in [6.45, 7) is 2.53. The Morgan fingerprint density at radius 3 is 2.96 bits per heavy atom. The van der Waals surface area contributed by atoms with Crippen LogP contribution in [-0.4, -0.2) is 42.8 Å². The van der Waals surface area contributed by atoms with Crippen molar-refractivity contribution in [3.63, 3.8) is 0 Å². The van der Waals surface area contributed by atoms with Gasteiger partial charge in [-0.25, -0.2) is 19.8 Å². The quantitative estimate of drug-likeness (QED) is 0.616. The highest BCUT2D eigenvalue weighted by molar-refractivity contribution is 6.14. The van der Waals surface area contributed by atoms with Crippen LogP contribution in [0.1, 0.15) is 18.4 Å². The number of rotatable bonds is 4. The molecule has 126 valence electrons. The van der Waals surface area contributed by atoms with E-state index < -0.39 is 0 Å². The smallest absolute Gasteiger partial charge is 0.346 e. The maximum Gasteiger partial charge on any atom is 0.346 e. The molecule has 3 aromatic heterocycles. The highest BCUT2D eigenvalue weighted by atomic mass is 16.3. The van der Waals surface area contributed by atoms with Gasteiger partial charge in [0.15, 0.2) is 11.6 Å². The Balaban J connectivity index is 2.07. The first-order valence-electron chi connectivity index (χ1n) is 7.61. The number of aromatic nitrogens is 4. The summed E-state index contributed by atoms with van der Waals surface area (Å²) in [5.74, 6) is 7.52. The number of nitrogens with zero attached hydrogens (tertiary/aromatic N) is 6. The second-order valence-corrected chi connectivity index (χ2v) is 5.36. The van der Waals surface area contributed by atoms with Crippen molar-refractivity contribution in [2.45, 2.75) is 20.0 Å². The average molecular weight is 331 g/mol. The summed E-state index contributed by atoms with van der Waals surface area (Å²) in [7, 11) is 0. The van der Waals surface area contributed by atoms with E-state index >= 15 is 0 Å². The van der Waals surface area contributed by atoms with Crippen LogP contribution in [0.5, 0.6) is 0 Å². The molecule has 3 N–H and O–H groups in total. The molecule has 0 bridgehead atoms. The Kier molecular flexibility index (Phi) is 3.28. The lowest BCUT2D eigenvalue weighted by molar-refractivity contribution is 0.275. The summed E-state index contributed by atoms with van der Waals surface area (Å²) in [5.41, 5.74) is 0.946. The van der Waals surface area contributed by atoms with Crippen LogP contribution in [0.4, 0.5) is 5.82 Å². The molecule has 0 saturated heterocycles. The number of aliphatic hydroxyl groups is 1. The molecule has 0 aliphatic carbocycles. The van der Waals surface area contributed by atoms with E-state index in [2.05, 4.69) is 9.98 Å². The minimum atomic E-state index is -0.246. The molecule has 0 saturated carbocycles. The van der Waals surface area contributed by atoms with Crippen LogP contribution in [0.15, 0.2) is 32.6 Å². The maximum atomic E-state index is 12.6. The number of aliphatic imine (C=N–C) groups is 1. The molecule has 24 heavy (non-hydrogen) atoms.